The molecule has 0 fully saturated rings. The molecule has 0 bridgehead atoms. The Morgan fingerprint density at radius 3 is 2.94 bits per heavy atom. The Morgan fingerprint density at radius 2 is 2.22 bits per heavy atom. The van der Waals surface area contributed by atoms with Crippen molar-refractivity contribution in [3.63, 3.8) is 0 Å². The van der Waals surface area contributed by atoms with E-state index in [0.717, 1.165) is 22.0 Å². The van der Waals surface area contributed by atoms with Crippen molar-refractivity contribution in [3.05, 3.63) is 11.4 Å². The first-order valence-electron chi connectivity index (χ1n) is 4.79. The molecule has 94 valence electrons. The first kappa shape index (κ1) is 12.6. The van der Waals surface area contributed by atoms with E-state index in [0.29, 0.717) is 11.0 Å². The lowest BCUT2D eigenvalue weighted by Crippen LogP contribution is -2.36. The summed E-state index contributed by atoms with van der Waals surface area (Å²) < 4.78 is 0. The van der Waals surface area contributed by atoms with Gasteiger partial charge in [-0.25, -0.2) is 14.8 Å². The SMILES string of the molecule is NC(=O)NC(=O)CSc1nc(N)c2ccsc2n1. The molecule has 0 saturated heterocycles. The van der Waals surface area contributed by atoms with Crippen LogP contribution < -0.4 is 16.8 Å². The van der Waals surface area contributed by atoms with Crippen LogP contribution in [-0.4, -0.2) is 27.7 Å². The second-order valence-electron chi connectivity index (χ2n) is 3.23. The Hall–Kier alpha value is -1.87. The summed E-state index contributed by atoms with van der Waals surface area (Å²) in [5.74, 6) is -0.126. The van der Waals surface area contributed by atoms with E-state index < -0.39 is 11.9 Å². The van der Waals surface area contributed by atoms with Crippen molar-refractivity contribution in [1.82, 2.24) is 15.3 Å². The van der Waals surface area contributed by atoms with E-state index in [1.165, 1.54) is 11.3 Å². The number of thiophene rings is 1. The number of thioether (sulfide) groups is 1. The highest BCUT2D eigenvalue weighted by Gasteiger charge is 2.10. The molecule has 18 heavy (non-hydrogen) atoms. The molecule has 0 unspecified atom stereocenters. The van der Waals surface area contributed by atoms with Crippen LogP contribution in [0.25, 0.3) is 10.2 Å². The van der Waals surface area contributed by atoms with Crippen LogP contribution in [-0.2, 0) is 4.79 Å². The van der Waals surface area contributed by atoms with E-state index >= 15 is 0 Å². The summed E-state index contributed by atoms with van der Waals surface area (Å²) in [6.45, 7) is 0. The van der Waals surface area contributed by atoms with Crippen molar-refractivity contribution >= 4 is 51.1 Å². The van der Waals surface area contributed by atoms with Gasteiger partial charge in [-0.2, -0.15) is 0 Å². The van der Waals surface area contributed by atoms with E-state index in [9.17, 15) is 9.59 Å². The van der Waals surface area contributed by atoms with E-state index in [2.05, 4.69) is 9.97 Å². The molecule has 2 aromatic rings. The highest BCUT2D eigenvalue weighted by atomic mass is 32.2. The number of rotatable bonds is 3. The van der Waals surface area contributed by atoms with Gasteiger partial charge in [0.15, 0.2) is 5.16 Å². The number of nitrogens with one attached hydrogen (secondary N) is 1. The normalized spacial score (nSPS) is 10.4. The highest BCUT2D eigenvalue weighted by Crippen LogP contribution is 2.25. The molecule has 0 spiro atoms. The first-order chi connectivity index (χ1) is 8.56. The lowest BCUT2D eigenvalue weighted by atomic mass is 10.4. The first-order valence-corrected chi connectivity index (χ1v) is 6.65. The van der Waals surface area contributed by atoms with Crippen LogP contribution in [0, 0.1) is 0 Å². The zero-order valence-corrected chi connectivity index (χ0v) is 10.7. The monoisotopic (exact) mass is 283 g/mol. The van der Waals surface area contributed by atoms with Crippen molar-refractivity contribution in [1.29, 1.82) is 0 Å². The van der Waals surface area contributed by atoms with Gasteiger partial charge in [0.2, 0.25) is 5.91 Å². The summed E-state index contributed by atoms with van der Waals surface area (Å²) in [7, 11) is 0. The molecule has 0 aliphatic rings. The Bertz CT molecular complexity index is 612. The Labute approximate surface area is 110 Å². The average molecular weight is 283 g/mol. The fourth-order valence-electron chi connectivity index (χ4n) is 1.23. The topological polar surface area (TPSA) is 124 Å². The third-order valence-electron chi connectivity index (χ3n) is 1.93. The molecule has 0 atom stereocenters. The molecular formula is C9H9N5O2S2. The number of carbonyl (C=O) groups excluding carboxylic acids is 2. The van der Waals surface area contributed by atoms with Crippen molar-refractivity contribution in [2.24, 2.45) is 5.73 Å². The van der Waals surface area contributed by atoms with Gasteiger partial charge in [0.05, 0.1) is 11.1 Å². The maximum Gasteiger partial charge on any atom is 0.318 e. The highest BCUT2D eigenvalue weighted by molar-refractivity contribution is 7.99. The number of primary amides is 1. The van der Waals surface area contributed by atoms with Crippen LogP contribution in [0.1, 0.15) is 0 Å². The quantitative estimate of drug-likeness (QED) is 0.558. The number of fused-ring (bicyclic) bond motifs is 1. The number of hydrogen-bond acceptors (Lipinski definition) is 7. The predicted molar refractivity (Wildman–Crippen MR) is 70.3 cm³/mol. The maximum atomic E-state index is 11.2. The Balaban J connectivity index is 2.08. The average Bonchev–Trinajstić information content (AvgIpc) is 2.74. The van der Waals surface area contributed by atoms with Gasteiger partial charge >= 0.3 is 6.03 Å². The Morgan fingerprint density at radius 1 is 1.44 bits per heavy atom. The van der Waals surface area contributed by atoms with E-state index in [1.54, 1.807) is 0 Å². The molecule has 2 aromatic heterocycles. The third kappa shape index (κ3) is 2.87. The smallest absolute Gasteiger partial charge is 0.318 e. The van der Waals surface area contributed by atoms with Crippen molar-refractivity contribution in [3.8, 4) is 0 Å². The number of aromatic nitrogens is 2. The summed E-state index contributed by atoms with van der Waals surface area (Å²) in [5, 5.41) is 5.01. The molecule has 9 heteroatoms. The fraction of sp³-hybridized carbons (Fsp3) is 0.111. The molecule has 7 nitrogen and oxygen atoms in total. The molecule has 0 aromatic carbocycles. The number of amides is 3. The van der Waals surface area contributed by atoms with Crippen LogP contribution in [0.2, 0.25) is 0 Å². The van der Waals surface area contributed by atoms with Crippen molar-refractivity contribution in [2.45, 2.75) is 5.16 Å². The van der Waals surface area contributed by atoms with E-state index in [4.69, 9.17) is 11.5 Å². The number of nitrogen functional groups attached to an aromatic ring is 1. The molecule has 5 N–H and O–H groups in total. The molecular weight excluding hydrogens is 274 g/mol. The largest absolute Gasteiger partial charge is 0.383 e. The van der Waals surface area contributed by atoms with Crippen LogP contribution in [0.15, 0.2) is 16.6 Å². The minimum atomic E-state index is -0.880. The zero-order valence-electron chi connectivity index (χ0n) is 9.04. The van der Waals surface area contributed by atoms with Gasteiger partial charge in [0, 0.05) is 0 Å². The number of urea groups is 1. The van der Waals surface area contributed by atoms with Gasteiger partial charge in [0.1, 0.15) is 10.6 Å². The lowest BCUT2D eigenvalue weighted by molar-refractivity contribution is -0.117. The summed E-state index contributed by atoms with van der Waals surface area (Å²) in [6.07, 6.45) is 0. The summed E-state index contributed by atoms with van der Waals surface area (Å²) in [4.78, 5) is 30.7. The van der Waals surface area contributed by atoms with Gasteiger partial charge in [-0.15, -0.1) is 11.3 Å². The second kappa shape index (κ2) is 5.19. The molecule has 0 radical (unpaired) electrons. The fourth-order valence-corrected chi connectivity index (χ4v) is 2.71. The molecule has 0 aliphatic carbocycles. The van der Waals surface area contributed by atoms with Crippen molar-refractivity contribution < 1.29 is 9.59 Å². The minimum Gasteiger partial charge on any atom is -0.383 e. The Kier molecular flexibility index (Phi) is 3.63. The standard InChI is InChI=1S/C9H9N5O2S2/c10-6-4-1-2-17-7(4)14-9(13-6)18-3-5(15)12-8(11)16/h1-2H,3H2,(H2,10,13,14)(H3,11,12,15,16). The van der Waals surface area contributed by atoms with Crippen LogP contribution >= 0.6 is 23.1 Å². The molecule has 2 heterocycles. The van der Waals surface area contributed by atoms with E-state index in [-0.39, 0.29) is 5.75 Å². The lowest BCUT2D eigenvalue weighted by Gasteiger charge is -2.02. The number of nitrogens with two attached hydrogens (primary N) is 2. The van der Waals surface area contributed by atoms with Crippen molar-refractivity contribution in [2.75, 3.05) is 11.5 Å². The minimum absolute atomic E-state index is 0.000732. The zero-order chi connectivity index (χ0) is 13.1. The predicted octanol–water partition coefficient (Wildman–Crippen LogP) is 0.560. The number of carbonyl (C=O) groups is 2. The third-order valence-corrected chi connectivity index (χ3v) is 3.58. The summed E-state index contributed by atoms with van der Waals surface area (Å²) >= 11 is 2.53. The molecule has 0 saturated carbocycles. The summed E-state index contributed by atoms with van der Waals surface area (Å²) in [6, 6.07) is 0.957. The number of imide groups is 1. The summed E-state index contributed by atoms with van der Waals surface area (Å²) in [5.41, 5.74) is 10.6. The van der Waals surface area contributed by atoms with Gasteiger partial charge in [-0.05, 0) is 11.4 Å². The molecule has 0 aliphatic heterocycles. The van der Waals surface area contributed by atoms with Crippen LogP contribution in [0.4, 0.5) is 10.6 Å². The maximum absolute atomic E-state index is 11.2. The van der Waals surface area contributed by atoms with E-state index in [1.807, 2.05) is 16.8 Å². The number of hydrogen-bond donors (Lipinski definition) is 3. The number of anilines is 1. The van der Waals surface area contributed by atoms with Gasteiger partial charge < -0.3 is 11.5 Å². The van der Waals surface area contributed by atoms with Gasteiger partial charge in [-0.3, -0.25) is 10.1 Å². The van der Waals surface area contributed by atoms with Crippen LogP contribution in [0.3, 0.4) is 0 Å². The van der Waals surface area contributed by atoms with Gasteiger partial charge in [0.25, 0.3) is 0 Å². The van der Waals surface area contributed by atoms with Gasteiger partial charge in [-0.1, -0.05) is 11.8 Å². The molecule has 3 amide bonds. The second-order valence-corrected chi connectivity index (χ2v) is 5.07. The number of nitrogens with zero attached hydrogens (tertiary/aromatic N) is 2. The van der Waals surface area contributed by atoms with Crippen LogP contribution in [0.5, 0.6) is 0 Å². The molecule has 2 rings (SSSR count).